The van der Waals surface area contributed by atoms with Crippen molar-refractivity contribution in [2.24, 2.45) is 5.73 Å². The van der Waals surface area contributed by atoms with Crippen LogP contribution in [0.1, 0.15) is 38.3 Å². The third kappa shape index (κ3) is 6.93. The van der Waals surface area contributed by atoms with Crippen molar-refractivity contribution in [3.63, 3.8) is 0 Å². The number of benzene rings is 1. The minimum absolute atomic E-state index is 0. The number of halogens is 1. The van der Waals surface area contributed by atoms with Crippen molar-refractivity contribution in [2.75, 3.05) is 6.26 Å². The summed E-state index contributed by atoms with van der Waals surface area (Å²) in [6.07, 6.45) is 2.20. The van der Waals surface area contributed by atoms with Gasteiger partial charge in [-0.1, -0.05) is 12.1 Å². The summed E-state index contributed by atoms with van der Waals surface area (Å²) in [4.78, 5) is 12.0. The molecule has 0 bridgehead atoms. The van der Waals surface area contributed by atoms with Crippen LogP contribution in [0.3, 0.4) is 0 Å². The van der Waals surface area contributed by atoms with Gasteiger partial charge in [0.25, 0.3) is 0 Å². The highest BCUT2D eigenvalue weighted by Crippen LogP contribution is 2.16. The van der Waals surface area contributed by atoms with E-state index < -0.39 is 9.84 Å². The highest BCUT2D eigenvalue weighted by atomic mass is 35.5. The van der Waals surface area contributed by atoms with Crippen molar-refractivity contribution in [2.45, 2.75) is 43.7 Å². The van der Waals surface area contributed by atoms with E-state index in [1.165, 1.54) is 6.26 Å². The standard InChI is InChI=1S/C14H22N2O3S.ClH/c1-10(15)4-9-14(17)16-11(2)12-5-7-13(8-6-12)20(3,18)19;/h5-8,10-11H,4,9,15H2,1-3H3,(H,16,17);1H. The van der Waals surface area contributed by atoms with Gasteiger partial charge in [-0.25, -0.2) is 8.42 Å². The molecule has 7 heteroatoms. The van der Waals surface area contributed by atoms with Crippen molar-refractivity contribution in [1.82, 2.24) is 5.32 Å². The summed E-state index contributed by atoms with van der Waals surface area (Å²) < 4.78 is 22.7. The fourth-order valence-corrected chi connectivity index (χ4v) is 2.39. The minimum Gasteiger partial charge on any atom is -0.350 e. The topological polar surface area (TPSA) is 89.3 Å². The molecule has 0 aliphatic carbocycles. The Kier molecular flexibility index (Phi) is 7.92. The van der Waals surface area contributed by atoms with Gasteiger partial charge < -0.3 is 11.1 Å². The maximum Gasteiger partial charge on any atom is 0.220 e. The second-order valence-electron chi connectivity index (χ2n) is 5.15. The van der Waals surface area contributed by atoms with E-state index in [0.717, 1.165) is 5.56 Å². The van der Waals surface area contributed by atoms with Crippen LogP contribution in [0.5, 0.6) is 0 Å². The smallest absolute Gasteiger partial charge is 0.220 e. The molecule has 3 N–H and O–H groups in total. The average Bonchev–Trinajstić information content (AvgIpc) is 2.35. The van der Waals surface area contributed by atoms with Gasteiger partial charge in [-0.05, 0) is 38.0 Å². The highest BCUT2D eigenvalue weighted by molar-refractivity contribution is 7.90. The van der Waals surface area contributed by atoms with Crippen LogP contribution in [-0.2, 0) is 14.6 Å². The molecule has 0 aliphatic heterocycles. The number of nitrogens with one attached hydrogen (secondary N) is 1. The molecule has 0 fully saturated rings. The Morgan fingerprint density at radius 1 is 1.24 bits per heavy atom. The fourth-order valence-electron chi connectivity index (χ4n) is 1.76. The molecule has 5 nitrogen and oxygen atoms in total. The summed E-state index contributed by atoms with van der Waals surface area (Å²) in [6.45, 7) is 3.72. The Morgan fingerprint density at radius 3 is 2.19 bits per heavy atom. The third-order valence-electron chi connectivity index (χ3n) is 3.01. The van der Waals surface area contributed by atoms with E-state index in [4.69, 9.17) is 5.73 Å². The van der Waals surface area contributed by atoms with Gasteiger partial charge in [0.2, 0.25) is 5.91 Å². The van der Waals surface area contributed by atoms with Crippen LogP contribution in [0.15, 0.2) is 29.2 Å². The number of sulfone groups is 1. The summed E-state index contributed by atoms with van der Waals surface area (Å²) in [7, 11) is -3.19. The molecule has 0 saturated heterocycles. The third-order valence-corrected chi connectivity index (χ3v) is 4.14. The molecule has 1 aromatic carbocycles. The predicted octanol–water partition coefficient (Wildman–Crippen LogP) is 1.82. The molecule has 120 valence electrons. The summed E-state index contributed by atoms with van der Waals surface area (Å²) in [5, 5.41) is 2.87. The maximum absolute atomic E-state index is 11.7. The van der Waals surface area contributed by atoms with Crippen molar-refractivity contribution in [1.29, 1.82) is 0 Å². The van der Waals surface area contributed by atoms with Gasteiger partial charge in [-0.2, -0.15) is 0 Å². The highest BCUT2D eigenvalue weighted by Gasteiger charge is 2.12. The lowest BCUT2D eigenvalue weighted by Crippen LogP contribution is -2.28. The van der Waals surface area contributed by atoms with Crippen LogP contribution in [0, 0.1) is 0 Å². The van der Waals surface area contributed by atoms with Crippen LogP contribution in [0.2, 0.25) is 0 Å². The average molecular weight is 335 g/mol. The van der Waals surface area contributed by atoms with Crippen LogP contribution >= 0.6 is 12.4 Å². The lowest BCUT2D eigenvalue weighted by atomic mass is 10.1. The van der Waals surface area contributed by atoms with E-state index in [2.05, 4.69) is 5.32 Å². The van der Waals surface area contributed by atoms with Crippen molar-refractivity contribution in [3.05, 3.63) is 29.8 Å². The van der Waals surface area contributed by atoms with Gasteiger partial charge >= 0.3 is 0 Å². The van der Waals surface area contributed by atoms with E-state index >= 15 is 0 Å². The fraction of sp³-hybridized carbons (Fsp3) is 0.500. The molecule has 0 radical (unpaired) electrons. The van der Waals surface area contributed by atoms with Gasteiger partial charge in [-0.15, -0.1) is 12.4 Å². The molecule has 2 unspecified atom stereocenters. The number of carbonyl (C=O) groups is 1. The van der Waals surface area contributed by atoms with Gasteiger partial charge in [0, 0.05) is 18.7 Å². The van der Waals surface area contributed by atoms with Gasteiger partial charge in [-0.3, -0.25) is 4.79 Å². The van der Waals surface area contributed by atoms with E-state index in [-0.39, 0.29) is 35.3 Å². The number of carbonyl (C=O) groups excluding carboxylic acids is 1. The first-order valence-electron chi connectivity index (χ1n) is 6.55. The molecule has 1 rings (SSSR count). The lowest BCUT2D eigenvalue weighted by molar-refractivity contribution is -0.121. The molecule has 0 saturated carbocycles. The Morgan fingerprint density at radius 2 is 1.76 bits per heavy atom. The number of hydrogen-bond acceptors (Lipinski definition) is 4. The first-order chi connectivity index (χ1) is 9.20. The molecule has 0 aromatic heterocycles. The maximum atomic E-state index is 11.7. The Hall–Kier alpha value is -1.11. The largest absolute Gasteiger partial charge is 0.350 e. The first kappa shape index (κ1) is 19.9. The van der Waals surface area contributed by atoms with Crippen molar-refractivity contribution < 1.29 is 13.2 Å². The summed E-state index contributed by atoms with van der Waals surface area (Å²) in [5.41, 5.74) is 6.47. The molecule has 2 atom stereocenters. The van der Waals surface area contributed by atoms with E-state index in [1.54, 1.807) is 24.3 Å². The van der Waals surface area contributed by atoms with Gasteiger partial charge in [0.05, 0.1) is 10.9 Å². The van der Waals surface area contributed by atoms with E-state index in [1.807, 2.05) is 13.8 Å². The van der Waals surface area contributed by atoms with E-state index in [0.29, 0.717) is 12.8 Å². The lowest BCUT2D eigenvalue weighted by Gasteiger charge is -2.15. The van der Waals surface area contributed by atoms with Gasteiger partial charge in [0.1, 0.15) is 0 Å². The monoisotopic (exact) mass is 334 g/mol. The number of amides is 1. The summed E-state index contributed by atoms with van der Waals surface area (Å²) in [6, 6.07) is 6.37. The van der Waals surface area contributed by atoms with Crippen LogP contribution in [0.4, 0.5) is 0 Å². The predicted molar refractivity (Wildman–Crippen MR) is 86.2 cm³/mol. The zero-order chi connectivity index (χ0) is 15.3. The Labute approximate surface area is 132 Å². The Bertz CT molecular complexity index is 556. The van der Waals surface area contributed by atoms with Gasteiger partial charge in [0.15, 0.2) is 9.84 Å². The van der Waals surface area contributed by atoms with Crippen LogP contribution in [-0.4, -0.2) is 26.6 Å². The molecule has 0 aliphatic rings. The van der Waals surface area contributed by atoms with Crippen molar-refractivity contribution in [3.8, 4) is 0 Å². The Balaban J connectivity index is 0.00000400. The molecule has 1 aromatic rings. The van der Waals surface area contributed by atoms with E-state index in [9.17, 15) is 13.2 Å². The molecule has 21 heavy (non-hydrogen) atoms. The number of rotatable bonds is 6. The second kappa shape index (κ2) is 8.36. The first-order valence-corrected chi connectivity index (χ1v) is 8.44. The SMILES string of the molecule is CC(N)CCC(=O)NC(C)c1ccc(S(C)(=O)=O)cc1.Cl. The molecular formula is C14H23ClN2O3S. The molecule has 0 spiro atoms. The second-order valence-corrected chi connectivity index (χ2v) is 7.16. The van der Waals surface area contributed by atoms with Crippen LogP contribution in [0.25, 0.3) is 0 Å². The molecule has 1 amide bonds. The zero-order valence-corrected chi connectivity index (χ0v) is 14.1. The zero-order valence-electron chi connectivity index (χ0n) is 12.5. The van der Waals surface area contributed by atoms with Crippen molar-refractivity contribution >= 4 is 28.2 Å². The number of nitrogens with two attached hydrogens (primary N) is 1. The number of hydrogen-bond donors (Lipinski definition) is 2. The minimum atomic E-state index is -3.19. The normalized spacial score (nSPS) is 13.9. The summed E-state index contributed by atoms with van der Waals surface area (Å²) >= 11 is 0. The van der Waals surface area contributed by atoms with Crippen LogP contribution < -0.4 is 11.1 Å². The summed E-state index contributed by atoms with van der Waals surface area (Å²) in [5.74, 6) is -0.0537. The quantitative estimate of drug-likeness (QED) is 0.830. The molecule has 0 heterocycles. The molecular weight excluding hydrogens is 312 g/mol.